The third kappa shape index (κ3) is 13.2. The Balaban J connectivity index is 1.63. The van der Waals surface area contributed by atoms with Crippen LogP contribution in [0.1, 0.15) is 31.9 Å². The molecule has 322 valence electrons. The number of aliphatic hydroxyl groups excluding tert-OH is 1. The molecule has 0 aliphatic carbocycles. The maximum atomic E-state index is 13.8. The number of carbonyl (C=O) groups is 2. The Morgan fingerprint density at radius 2 is 1.88 bits per heavy atom. The smallest absolute Gasteiger partial charge is 0.388 e. The van der Waals surface area contributed by atoms with Gasteiger partial charge in [0.25, 0.3) is 0 Å². The van der Waals surface area contributed by atoms with Crippen molar-refractivity contribution < 1.29 is 70.0 Å². The van der Waals surface area contributed by atoms with Crippen LogP contribution in [0.2, 0.25) is 0 Å². The zero-order chi connectivity index (χ0) is 43.0. The van der Waals surface area contributed by atoms with Crippen molar-refractivity contribution in [2.24, 2.45) is 5.92 Å². The quantitative estimate of drug-likeness (QED) is 0.0425. The lowest BCUT2D eigenvalue weighted by atomic mass is 9.89. The Morgan fingerprint density at radius 3 is 2.52 bits per heavy atom. The van der Waals surface area contributed by atoms with Crippen LogP contribution in [0.4, 0.5) is 11.6 Å². The van der Waals surface area contributed by atoms with Gasteiger partial charge in [0.2, 0.25) is 5.91 Å². The van der Waals surface area contributed by atoms with Gasteiger partial charge in [-0.05, 0) is 18.9 Å². The molecule has 0 radical (unpaired) electrons. The summed E-state index contributed by atoms with van der Waals surface area (Å²) >= 11 is 0. The molecule has 0 saturated carbocycles. The summed E-state index contributed by atoms with van der Waals surface area (Å²) in [5, 5.41) is 14.2. The summed E-state index contributed by atoms with van der Waals surface area (Å²) in [5.41, 5.74) is 10.8. The molecule has 1 aliphatic rings. The molecule has 0 bridgehead atoms. The lowest BCUT2D eigenvalue weighted by molar-refractivity contribution is -0.129. The number of hydrogen-bond acceptors (Lipinski definition) is 19. The summed E-state index contributed by atoms with van der Waals surface area (Å²) in [6.07, 6.45) is -2.32. The normalized spacial score (nSPS) is 21.3. The number of carbonyl (C=O) groups excluding carboxylic acids is 2. The van der Waals surface area contributed by atoms with Gasteiger partial charge in [-0.3, -0.25) is 32.3 Å². The van der Waals surface area contributed by atoms with E-state index in [-0.39, 0.29) is 42.1 Å². The number of aromatic nitrogens is 6. The Morgan fingerprint density at radius 1 is 1.16 bits per heavy atom. The van der Waals surface area contributed by atoms with Crippen LogP contribution in [-0.2, 0) is 58.1 Å². The molecule has 0 spiro atoms. The van der Waals surface area contributed by atoms with Crippen molar-refractivity contribution in [1.82, 2.24) is 34.4 Å². The molecule has 4 rings (SSSR count). The number of sulfone groups is 1. The average molecular weight is 882 g/mol. The number of nitrogens with zero attached hydrogens (tertiary/aromatic N) is 6. The second-order valence-corrected chi connectivity index (χ2v) is 18.0. The van der Waals surface area contributed by atoms with Crippen LogP contribution in [0.5, 0.6) is 0 Å². The molecular weight excluding hydrogens is 836 g/mol. The number of methoxy groups -OCH3 is 1. The molecule has 3 aromatic heterocycles. The van der Waals surface area contributed by atoms with Gasteiger partial charge in [0.1, 0.15) is 45.8 Å². The zero-order valence-electron chi connectivity index (χ0n) is 31.1. The minimum atomic E-state index is -5.30. The third-order valence-corrected chi connectivity index (χ3v) is 11.2. The Bertz CT molecular complexity index is 2200. The van der Waals surface area contributed by atoms with Crippen molar-refractivity contribution in [2.45, 2.75) is 68.9 Å². The number of ketones is 1. The summed E-state index contributed by atoms with van der Waals surface area (Å²) in [4.78, 5) is 84.2. The largest absolute Gasteiger partial charge is 0.472 e. The number of nitrogen functional groups attached to an aromatic ring is 2. The number of anilines is 2. The van der Waals surface area contributed by atoms with Crippen LogP contribution >= 0.6 is 15.6 Å². The molecule has 1 unspecified atom stereocenters. The highest BCUT2D eigenvalue weighted by molar-refractivity contribution is 7.90. The van der Waals surface area contributed by atoms with Gasteiger partial charge in [-0.15, -0.1) is 6.58 Å². The minimum absolute atomic E-state index is 0.00532. The number of phosphoric acid groups is 2. The van der Waals surface area contributed by atoms with Crippen LogP contribution in [0.25, 0.3) is 11.2 Å². The van der Waals surface area contributed by atoms with E-state index in [1.54, 1.807) is 0 Å². The zero-order valence-corrected chi connectivity index (χ0v) is 33.7. The molecule has 8 atom stereocenters. The molecule has 4 heterocycles. The molecule has 28 heteroatoms. The number of imidazole rings is 1. The van der Waals surface area contributed by atoms with Gasteiger partial charge in [-0.2, -0.15) is 4.98 Å². The third-order valence-electron chi connectivity index (χ3n) is 8.76. The number of aliphatic hydroxyl groups is 1. The highest BCUT2D eigenvalue weighted by Crippen LogP contribution is 2.48. The van der Waals surface area contributed by atoms with Crippen molar-refractivity contribution in [3.63, 3.8) is 0 Å². The first kappa shape index (κ1) is 46.6. The van der Waals surface area contributed by atoms with Gasteiger partial charge < -0.3 is 46.0 Å². The number of rotatable bonds is 23. The number of phosphoric ester groups is 2. The summed E-state index contributed by atoms with van der Waals surface area (Å²) < 4.78 is 77.7. The lowest BCUT2D eigenvalue weighted by Gasteiger charge is -2.28. The monoisotopic (exact) mass is 881 g/mol. The standard InChI is InChI=1S/C30H45N9O16P2S/c1-4-5-6-24(41)36-18(8-10-58(3,49)50)19(40)11-17-21(54-29(26(17)42)39-16-35-25-27(32)33-15-34-28(25)39)13-53-57(47,48)55-20(22(51-2)14-52-56(44,45)46)12-38-9-7-23(31)37-30(38)43/h4,7,9,15-18,20-22,26,29,42H,1,5-6,8,10-14H2,2-3H3,(H,36,41)(H,47,48)(H2,31,37,43)(H2,32,33,34)(H2,44,45,46)/t17-,18+,20+,21-,22-,26-,29-/m1/s1. The van der Waals surface area contributed by atoms with Gasteiger partial charge in [-0.1, -0.05) is 6.08 Å². The van der Waals surface area contributed by atoms with E-state index in [0.29, 0.717) is 0 Å². The van der Waals surface area contributed by atoms with Crippen molar-refractivity contribution in [3.05, 3.63) is 48.1 Å². The number of fused-ring (bicyclic) bond motifs is 1. The topological polar surface area (TPSA) is 372 Å². The van der Waals surface area contributed by atoms with Crippen molar-refractivity contribution >= 4 is 60.0 Å². The molecule has 1 aliphatic heterocycles. The molecule has 1 amide bonds. The van der Waals surface area contributed by atoms with Crippen LogP contribution < -0.4 is 22.5 Å². The molecule has 9 N–H and O–H groups in total. The highest BCUT2D eigenvalue weighted by Gasteiger charge is 2.48. The molecular formula is C30H45N9O16P2S. The number of Topliss-reactive ketones (excluding diaryl/α,β-unsaturated/α-hetero) is 1. The van der Waals surface area contributed by atoms with Crippen LogP contribution in [0.3, 0.4) is 0 Å². The number of ether oxygens (including phenoxy) is 2. The van der Waals surface area contributed by atoms with Crippen molar-refractivity contribution in [2.75, 3.05) is 43.8 Å². The number of nitrogens with one attached hydrogen (secondary N) is 1. The van der Waals surface area contributed by atoms with Crippen LogP contribution in [0.15, 0.2) is 42.4 Å². The Hall–Kier alpha value is -4.04. The molecule has 1 saturated heterocycles. The van der Waals surface area contributed by atoms with Crippen LogP contribution in [-0.4, -0.2) is 132 Å². The van der Waals surface area contributed by atoms with E-state index in [0.717, 1.165) is 24.3 Å². The summed E-state index contributed by atoms with van der Waals surface area (Å²) in [7, 11) is -12.9. The first-order chi connectivity index (χ1) is 27.1. The lowest BCUT2D eigenvalue weighted by Crippen LogP contribution is -2.44. The molecule has 3 aromatic rings. The molecule has 25 nitrogen and oxygen atoms in total. The Kier molecular flexibility index (Phi) is 15.9. The second kappa shape index (κ2) is 19.8. The second-order valence-electron chi connectivity index (χ2n) is 13.1. The predicted octanol–water partition coefficient (Wildman–Crippen LogP) is -1.41. The number of amides is 1. The predicted molar refractivity (Wildman–Crippen MR) is 201 cm³/mol. The van der Waals surface area contributed by atoms with E-state index in [1.807, 2.05) is 0 Å². The molecule has 58 heavy (non-hydrogen) atoms. The van der Waals surface area contributed by atoms with E-state index >= 15 is 0 Å². The fourth-order valence-electron chi connectivity index (χ4n) is 5.87. The maximum absolute atomic E-state index is 13.8. The van der Waals surface area contributed by atoms with E-state index in [1.165, 1.54) is 29.2 Å². The first-order valence-electron chi connectivity index (χ1n) is 17.2. The van der Waals surface area contributed by atoms with Gasteiger partial charge >= 0.3 is 21.3 Å². The SMILES string of the molecule is C=CCCC(=O)N[C@@H](CCS(C)(=O)=O)C(=O)C[C@H]1[C@@H](O)[C@H](n2cnc3c(N)ncnc32)O[C@@H]1COP(=O)(O)O[C@@H](Cn1ccc(N)nc1=O)[C@@H](COP(=O)(O)O)OC. The number of hydrogen-bond donors (Lipinski definition) is 7. The van der Waals surface area contributed by atoms with Crippen molar-refractivity contribution in [3.8, 4) is 0 Å². The van der Waals surface area contributed by atoms with Gasteiger partial charge in [-0.25, -0.2) is 37.3 Å². The minimum Gasteiger partial charge on any atom is -0.388 e. The van der Waals surface area contributed by atoms with Gasteiger partial charge in [0, 0.05) is 38.3 Å². The van der Waals surface area contributed by atoms with E-state index < -0.39 is 117 Å². The molecule has 1 fully saturated rings. The first-order valence-corrected chi connectivity index (χ1v) is 22.3. The number of nitrogens with two attached hydrogens (primary N) is 2. The van der Waals surface area contributed by atoms with E-state index in [2.05, 4.69) is 36.4 Å². The van der Waals surface area contributed by atoms with Gasteiger partial charge in [0.05, 0.1) is 44.0 Å². The summed E-state index contributed by atoms with van der Waals surface area (Å²) in [5.74, 6) is -3.17. The molecule has 0 aromatic carbocycles. The average Bonchev–Trinajstić information content (AvgIpc) is 3.69. The Labute approximate surface area is 330 Å². The summed E-state index contributed by atoms with van der Waals surface area (Å²) in [6.45, 7) is 1.18. The van der Waals surface area contributed by atoms with E-state index in [4.69, 9.17) is 30.0 Å². The van der Waals surface area contributed by atoms with Crippen LogP contribution in [0, 0.1) is 5.92 Å². The summed E-state index contributed by atoms with van der Waals surface area (Å²) in [6, 6.07) is -0.105. The fraction of sp³-hybridized carbons (Fsp3) is 0.567. The maximum Gasteiger partial charge on any atom is 0.472 e. The van der Waals surface area contributed by atoms with Gasteiger partial charge in [0.15, 0.2) is 23.5 Å². The fourth-order valence-corrected chi connectivity index (χ4v) is 7.82. The van der Waals surface area contributed by atoms with Crippen molar-refractivity contribution in [1.29, 1.82) is 0 Å². The highest BCUT2D eigenvalue weighted by atomic mass is 32.2. The van der Waals surface area contributed by atoms with E-state index in [9.17, 15) is 51.7 Å². The number of allylic oxidation sites excluding steroid dienone is 1.